The Morgan fingerprint density at radius 1 is 1.20 bits per heavy atom. The summed E-state index contributed by atoms with van der Waals surface area (Å²) in [7, 11) is 7.62. The summed E-state index contributed by atoms with van der Waals surface area (Å²) >= 11 is 0. The molecule has 214 valence electrons. The first-order valence-electron chi connectivity index (χ1n) is 13.7. The molecule has 0 saturated carbocycles. The number of anilines is 4. The first-order valence-corrected chi connectivity index (χ1v) is 13.7. The first kappa shape index (κ1) is 28.1. The molecule has 2 aromatic carbocycles. The Labute approximate surface area is 240 Å². The Bertz CT molecular complexity index is 1580. The highest BCUT2D eigenvalue weighted by atomic mass is 16.5. The Kier molecular flexibility index (Phi) is 8.23. The van der Waals surface area contributed by atoms with E-state index >= 15 is 0 Å². The van der Waals surface area contributed by atoms with Gasteiger partial charge in [-0.05, 0) is 51.2 Å². The number of benzene rings is 2. The van der Waals surface area contributed by atoms with E-state index < -0.39 is 0 Å². The zero-order chi connectivity index (χ0) is 29.1. The van der Waals surface area contributed by atoms with Gasteiger partial charge in [0, 0.05) is 61.1 Å². The van der Waals surface area contributed by atoms with Crippen molar-refractivity contribution < 1.29 is 14.6 Å². The number of ether oxygens (including phenoxy) is 1. The summed E-state index contributed by atoms with van der Waals surface area (Å²) in [4.78, 5) is 25.9. The highest BCUT2D eigenvalue weighted by Gasteiger charge is 2.25. The number of carbonyl (C=O) groups is 1. The number of likely N-dealkylation sites (N-methyl/N-ethyl adjacent to an activating group) is 2. The van der Waals surface area contributed by atoms with Crippen LogP contribution in [0.25, 0.3) is 22.2 Å². The van der Waals surface area contributed by atoms with Gasteiger partial charge in [-0.15, -0.1) is 0 Å². The van der Waals surface area contributed by atoms with Gasteiger partial charge in [-0.1, -0.05) is 24.8 Å². The molecule has 4 aromatic rings. The van der Waals surface area contributed by atoms with E-state index in [4.69, 9.17) is 9.72 Å². The molecule has 1 atom stereocenters. The lowest BCUT2D eigenvalue weighted by Crippen LogP contribution is -2.29. The number of methoxy groups -OCH3 is 1. The van der Waals surface area contributed by atoms with E-state index in [0.29, 0.717) is 36.0 Å². The molecule has 0 radical (unpaired) electrons. The third-order valence-corrected chi connectivity index (χ3v) is 7.40. The predicted molar refractivity (Wildman–Crippen MR) is 164 cm³/mol. The van der Waals surface area contributed by atoms with Crippen molar-refractivity contribution in [2.75, 3.05) is 56.9 Å². The van der Waals surface area contributed by atoms with Crippen LogP contribution in [0.4, 0.5) is 23.0 Å². The SMILES string of the molecule is C=CC(=O)Nc1cc(Nc2nccc(-c3c4n(c5ccccc35)CC(O)CC4)n2)c(OC)cc1N(C)CCN(C)C. The fourth-order valence-corrected chi connectivity index (χ4v) is 5.30. The molecule has 10 nitrogen and oxygen atoms in total. The van der Waals surface area contributed by atoms with Crippen LogP contribution in [0.1, 0.15) is 12.1 Å². The standard InChI is InChI=1S/C31H37N7O3/c1-6-29(40)33-23-17-24(28(41-5)18-27(23)37(4)16-15-36(2)3)35-31-32-14-13-22(34-31)30-21-9-7-8-10-25(21)38-19-20(39)11-12-26(30)38/h6-10,13-14,17-18,20,39H,1,11-12,15-16,19H2,2-5H3,(H,33,40)(H,32,34,35). The minimum absolute atomic E-state index is 0.308. The number of hydrogen-bond acceptors (Lipinski definition) is 8. The van der Waals surface area contributed by atoms with Crippen LogP contribution in [0.15, 0.2) is 61.3 Å². The maximum Gasteiger partial charge on any atom is 0.247 e. The summed E-state index contributed by atoms with van der Waals surface area (Å²) in [5, 5.41) is 17.7. The Morgan fingerprint density at radius 3 is 2.76 bits per heavy atom. The average Bonchev–Trinajstić information content (AvgIpc) is 3.29. The van der Waals surface area contributed by atoms with Gasteiger partial charge in [-0.3, -0.25) is 4.79 Å². The zero-order valence-electron chi connectivity index (χ0n) is 24.0. The smallest absolute Gasteiger partial charge is 0.247 e. The summed E-state index contributed by atoms with van der Waals surface area (Å²) in [6.07, 6.45) is 4.10. The molecule has 1 unspecified atom stereocenters. The van der Waals surface area contributed by atoms with Crippen molar-refractivity contribution >= 4 is 39.8 Å². The second kappa shape index (κ2) is 12.0. The van der Waals surface area contributed by atoms with Crippen LogP contribution in [0.3, 0.4) is 0 Å². The lowest BCUT2D eigenvalue weighted by atomic mass is 10.0. The first-order chi connectivity index (χ1) is 19.8. The number of rotatable bonds is 10. The third kappa shape index (κ3) is 5.89. The molecule has 1 aliphatic heterocycles. The number of nitrogens with one attached hydrogen (secondary N) is 2. The van der Waals surface area contributed by atoms with Crippen LogP contribution >= 0.6 is 0 Å². The fourth-order valence-electron chi connectivity index (χ4n) is 5.30. The van der Waals surface area contributed by atoms with Gasteiger partial charge in [-0.25, -0.2) is 9.97 Å². The topological polar surface area (TPSA) is 108 Å². The Morgan fingerprint density at radius 2 is 2.00 bits per heavy atom. The number of nitrogens with zero attached hydrogens (tertiary/aromatic N) is 5. The van der Waals surface area contributed by atoms with Gasteiger partial charge in [0.05, 0.1) is 36.0 Å². The molecule has 5 rings (SSSR count). The molecule has 1 aliphatic rings. The van der Waals surface area contributed by atoms with Gasteiger partial charge in [0.1, 0.15) is 5.75 Å². The van der Waals surface area contributed by atoms with E-state index in [1.54, 1.807) is 13.3 Å². The van der Waals surface area contributed by atoms with Crippen LogP contribution in [0.5, 0.6) is 5.75 Å². The molecule has 3 N–H and O–H groups in total. The van der Waals surface area contributed by atoms with Crippen LogP contribution < -0.4 is 20.3 Å². The molecule has 0 spiro atoms. The summed E-state index contributed by atoms with van der Waals surface area (Å²) < 4.78 is 7.96. The number of para-hydroxylation sites is 1. The van der Waals surface area contributed by atoms with E-state index in [1.165, 1.54) is 11.8 Å². The number of fused-ring (bicyclic) bond motifs is 3. The molecule has 0 saturated heterocycles. The van der Waals surface area contributed by atoms with E-state index in [0.717, 1.165) is 47.4 Å². The van der Waals surface area contributed by atoms with Gasteiger partial charge in [0.25, 0.3) is 0 Å². The van der Waals surface area contributed by atoms with Gasteiger partial charge >= 0.3 is 0 Å². The Hall–Kier alpha value is -4.41. The van der Waals surface area contributed by atoms with Gasteiger partial charge in [-0.2, -0.15) is 0 Å². The van der Waals surface area contributed by atoms with Crippen molar-refractivity contribution in [3.8, 4) is 17.0 Å². The van der Waals surface area contributed by atoms with Crippen LogP contribution in [-0.4, -0.2) is 77.9 Å². The second-order valence-electron chi connectivity index (χ2n) is 10.5. The monoisotopic (exact) mass is 555 g/mol. The summed E-state index contributed by atoms with van der Waals surface area (Å²) in [5.41, 5.74) is 6.14. The van der Waals surface area contributed by atoms with E-state index in [-0.39, 0.29) is 12.0 Å². The molecule has 0 aliphatic carbocycles. The predicted octanol–water partition coefficient (Wildman–Crippen LogP) is 4.28. The van der Waals surface area contributed by atoms with Crippen LogP contribution in [-0.2, 0) is 17.8 Å². The largest absolute Gasteiger partial charge is 0.494 e. The van der Waals surface area contributed by atoms with E-state index in [2.05, 4.69) is 48.7 Å². The number of amides is 1. The normalized spacial score (nSPS) is 14.5. The second-order valence-corrected chi connectivity index (χ2v) is 10.5. The number of aromatic nitrogens is 3. The van der Waals surface area contributed by atoms with Crippen molar-refractivity contribution in [2.45, 2.75) is 25.5 Å². The number of aliphatic hydroxyl groups is 1. The average molecular weight is 556 g/mol. The lowest BCUT2D eigenvalue weighted by Gasteiger charge is -2.26. The Balaban J connectivity index is 1.53. The van der Waals surface area contributed by atoms with Crippen molar-refractivity contribution in [3.05, 3.63) is 67.0 Å². The van der Waals surface area contributed by atoms with Crippen LogP contribution in [0.2, 0.25) is 0 Å². The minimum atomic E-state index is -0.359. The molecular weight excluding hydrogens is 518 g/mol. The van der Waals surface area contributed by atoms with Crippen molar-refractivity contribution in [2.24, 2.45) is 0 Å². The highest BCUT2D eigenvalue weighted by Crippen LogP contribution is 2.40. The molecule has 1 amide bonds. The minimum Gasteiger partial charge on any atom is -0.494 e. The number of aliphatic hydroxyl groups excluding tert-OH is 1. The number of hydrogen-bond donors (Lipinski definition) is 3. The fraction of sp³-hybridized carbons (Fsp3) is 0.323. The summed E-state index contributed by atoms with van der Waals surface area (Å²) in [6, 6.07) is 13.9. The maximum absolute atomic E-state index is 12.3. The van der Waals surface area contributed by atoms with Gasteiger partial charge in [0.2, 0.25) is 11.9 Å². The van der Waals surface area contributed by atoms with Gasteiger partial charge < -0.3 is 34.8 Å². The molecule has 0 fully saturated rings. The molecule has 2 aromatic heterocycles. The van der Waals surface area contributed by atoms with Crippen LogP contribution in [0, 0.1) is 0 Å². The number of carbonyl (C=O) groups excluding carboxylic acids is 1. The van der Waals surface area contributed by atoms with E-state index in [9.17, 15) is 9.90 Å². The summed E-state index contributed by atoms with van der Waals surface area (Å²) in [5.74, 6) is 0.676. The zero-order valence-corrected chi connectivity index (χ0v) is 24.0. The van der Waals surface area contributed by atoms with Crippen molar-refractivity contribution in [3.63, 3.8) is 0 Å². The quantitative estimate of drug-likeness (QED) is 0.249. The van der Waals surface area contributed by atoms with Gasteiger partial charge in [0.15, 0.2) is 0 Å². The molecule has 0 bridgehead atoms. The lowest BCUT2D eigenvalue weighted by molar-refractivity contribution is -0.111. The maximum atomic E-state index is 12.3. The van der Waals surface area contributed by atoms with Crippen molar-refractivity contribution in [1.29, 1.82) is 0 Å². The van der Waals surface area contributed by atoms with Crippen molar-refractivity contribution in [1.82, 2.24) is 19.4 Å². The molecular formula is C31H37N7O3. The highest BCUT2D eigenvalue weighted by molar-refractivity contribution is 6.02. The third-order valence-electron chi connectivity index (χ3n) is 7.40. The summed E-state index contributed by atoms with van der Waals surface area (Å²) in [6.45, 7) is 5.75. The molecule has 3 heterocycles. The molecule has 41 heavy (non-hydrogen) atoms. The van der Waals surface area contributed by atoms with E-state index in [1.807, 2.05) is 51.5 Å². The molecule has 10 heteroatoms.